The molecule has 0 N–H and O–H groups in total. The lowest BCUT2D eigenvalue weighted by Crippen LogP contribution is -2.48. The van der Waals surface area contributed by atoms with Gasteiger partial charge in [0, 0.05) is 30.2 Å². The molecule has 2 unspecified atom stereocenters. The lowest BCUT2D eigenvalue weighted by atomic mass is 9.74. The van der Waals surface area contributed by atoms with Gasteiger partial charge in [-0.25, -0.2) is 0 Å². The largest absolute Gasteiger partial charge is 0.491 e. The van der Waals surface area contributed by atoms with Crippen molar-refractivity contribution in [2.45, 2.75) is 45.1 Å². The van der Waals surface area contributed by atoms with Crippen LogP contribution in [0.1, 0.15) is 49.9 Å². The summed E-state index contributed by atoms with van der Waals surface area (Å²) >= 11 is 12.0. The first-order valence-corrected chi connectivity index (χ1v) is 12.3. The van der Waals surface area contributed by atoms with E-state index in [-0.39, 0.29) is 25.2 Å². The molecule has 0 fully saturated rings. The molecule has 0 aliphatic carbocycles. The van der Waals surface area contributed by atoms with Crippen molar-refractivity contribution in [3.63, 3.8) is 0 Å². The monoisotopic (exact) mass is 502 g/mol. The van der Waals surface area contributed by atoms with Gasteiger partial charge in [0.1, 0.15) is 30.0 Å². The highest BCUT2D eigenvalue weighted by Crippen LogP contribution is 2.48. The number of ketones is 1. The van der Waals surface area contributed by atoms with Crippen LogP contribution in [0.15, 0.2) is 77.9 Å². The van der Waals surface area contributed by atoms with Crippen molar-refractivity contribution < 1.29 is 19.1 Å². The molecular weight excluding hydrogens is 471 g/mol. The van der Waals surface area contributed by atoms with Gasteiger partial charge in [0.2, 0.25) is 5.78 Å². The van der Waals surface area contributed by atoms with Crippen LogP contribution in [0.25, 0.3) is 0 Å². The van der Waals surface area contributed by atoms with Crippen molar-refractivity contribution in [3.8, 4) is 11.5 Å². The number of hydrogen-bond acceptors (Lipinski definition) is 4. The highest BCUT2D eigenvalue weighted by Gasteiger charge is 2.54. The van der Waals surface area contributed by atoms with Crippen LogP contribution in [0.5, 0.6) is 11.5 Å². The summed E-state index contributed by atoms with van der Waals surface area (Å²) in [7, 11) is 0. The molecule has 0 spiro atoms. The van der Waals surface area contributed by atoms with Crippen LogP contribution < -0.4 is 9.47 Å². The third-order valence-corrected chi connectivity index (χ3v) is 5.98. The molecular formula is C28H32Cl2O4. The zero-order valence-electron chi connectivity index (χ0n) is 19.8. The minimum Gasteiger partial charge on any atom is -0.491 e. The maximum absolute atomic E-state index is 14.1. The molecule has 2 atom stereocenters. The maximum atomic E-state index is 14.1. The number of fused-ring (bicyclic) bond motifs is 1. The second-order valence-electron chi connectivity index (χ2n) is 7.78. The smallest absolute Gasteiger partial charge is 0.214 e. The summed E-state index contributed by atoms with van der Waals surface area (Å²) in [4.78, 5) is 25.8. The molecule has 0 saturated carbocycles. The Kier molecular flexibility index (Phi) is 11.4. The normalized spacial score (nSPS) is 19.4. The Hall–Kier alpha value is -2.56. The SMILES string of the molecule is C=C/C=C(\C=C/C)C(CC=O)C1(C/C=C\C/C(Cl)=C\CC)Oc2cccc(OCCCl)c2C1=O. The Morgan fingerprint density at radius 3 is 2.76 bits per heavy atom. The van der Waals surface area contributed by atoms with Crippen molar-refractivity contribution in [1.82, 2.24) is 0 Å². The van der Waals surface area contributed by atoms with Crippen molar-refractivity contribution in [2.75, 3.05) is 12.5 Å². The quantitative estimate of drug-likeness (QED) is 0.115. The van der Waals surface area contributed by atoms with E-state index in [2.05, 4.69) is 6.58 Å². The van der Waals surface area contributed by atoms with E-state index in [9.17, 15) is 9.59 Å². The minimum absolute atomic E-state index is 0.103. The molecule has 1 aliphatic rings. The summed E-state index contributed by atoms with van der Waals surface area (Å²) in [6.45, 7) is 7.97. The van der Waals surface area contributed by atoms with Crippen LogP contribution in [-0.4, -0.2) is 30.2 Å². The van der Waals surface area contributed by atoms with Crippen molar-refractivity contribution in [1.29, 1.82) is 0 Å². The number of ether oxygens (including phenoxy) is 2. The van der Waals surface area contributed by atoms with Gasteiger partial charge in [-0.05, 0) is 31.1 Å². The fourth-order valence-corrected chi connectivity index (χ4v) is 4.44. The first kappa shape index (κ1) is 27.7. The molecule has 0 amide bonds. The lowest BCUT2D eigenvalue weighted by Gasteiger charge is -2.35. The molecule has 0 saturated heterocycles. The van der Waals surface area contributed by atoms with Crippen LogP contribution in [0.4, 0.5) is 0 Å². The number of alkyl halides is 1. The highest BCUT2D eigenvalue weighted by atomic mass is 35.5. The fourth-order valence-electron chi connectivity index (χ4n) is 4.12. The number of hydrogen-bond donors (Lipinski definition) is 0. The van der Waals surface area contributed by atoms with E-state index >= 15 is 0 Å². The Bertz CT molecular complexity index is 990. The number of carbonyl (C=O) groups excluding carboxylic acids is 2. The molecule has 1 heterocycles. The van der Waals surface area contributed by atoms with E-state index in [0.29, 0.717) is 29.4 Å². The molecule has 0 radical (unpaired) electrons. The first-order valence-electron chi connectivity index (χ1n) is 11.4. The van der Waals surface area contributed by atoms with E-state index in [1.807, 2.05) is 50.3 Å². The van der Waals surface area contributed by atoms with Gasteiger partial charge in [0.25, 0.3) is 0 Å². The van der Waals surface area contributed by atoms with Crippen LogP contribution in [0, 0.1) is 5.92 Å². The predicted octanol–water partition coefficient (Wildman–Crippen LogP) is 7.38. The first-order chi connectivity index (χ1) is 16.5. The summed E-state index contributed by atoms with van der Waals surface area (Å²) in [6, 6.07) is 5.25. The zero-order chi connectivity index (χ0) is 25.0. The minimum atomic E-state index is -1.32. The summed E-state index contributed by atoms with van der Waals surface area (Å²) in [5, 5.41) is 0.733. The van der Waals surface area contributed by atoms with Crippen LogP contribution >= 0.6 is 23.2 Å². The second kappa shape index (κ2) is 14.0. The molecule has 6 heteroatoms. The molecule has 1 aliphatic heterocycles. The third kappa shape index (κ3) is 6.52. The molecule has 2 rings (SSSR count). The van der Waals surface area contributed by atoms with E-state index in [1.54, 1.807) is 24.3 Å². The number of benzene rings is 1. The maximum Gasteiger partial charge on any atom is 0.214 e. The highest BCUT2D eigenvalue weighted by molar-refractivity contribution is 6.29. The van der Waals surface area contributed by atoms with E-state index < -0.39 is 11.5 Å². The van der Waals surface area contributed by atoms with Gasteiger partial charge >= 0.3 is 0 Å². The van der Waals surface area contributed by atoms with Crippen molar-refractivity contribution in [2.24, 2.45) is 5.92 Å². The summed E-state index contributed by atoms with van der Waals surface area (Å²) in [5.41, 5.74) is -0.166. The average Bonchev–Trinajstić information content (AvgIpc) is 3.12. The number of allylic oxidation sites excluding steroid dienone is 7. The number of aldehydes is 1. The van der Waals surface area contributed by atoms with Gasteiger partial charge in [-0.2, -0.15) is 0 Å². The molecule has 34 heavy (non-hydrogen) atoms. The van der Waals surface area contributed by atoms with Crippen molar-refractivity contribution >= 4 is 35.3 Å². The Morgan fingerprint density at radius 2 is 2.12 bits per heavy atom. The number of rotatable bonds is 14. The number of halogens is 2. The van der Waals surface area contributed by atoms with Gasteiger partial charge in [0.15, 0.2) is 5.60 Å². The Morgan fingerprint density at radius 1 is 1.32 bits per heavy atom. The van der Waals surface area contributed by atoms with Crippen LogP contribution in [0.3, 0.4) is 0 Å². The van der Waals surface area contributed by atoms with Crippen molar-refractivity contribution in [3.05, 3.63) is 83.5 Å². The fraction of sp³-hybridized carbons (Fsp3) is 0.357. The molecule has 0 aromatic heterocycles. The van der Waals surface area contributed by atoms with Gasteiger partial charge < -0.3 is 14.3 Å². The molecule has 4 nitrogen and oxygen atoms in total. The van der Waals surface area contributed by atoms with Gasteiger partial charge in [0.05, 0.1) is 5.88 Å². The van der Waals surface area contributed by atoms with E-state index in [0.717, 1.165) is 23.3 Å². The van der Waals surface area contributed by atoms with Crippen LogP contribution in [0.2, 0.25) is 0 Å². The molecule has 0 bridgehead atoms. The van der Waals surface area contributed by atoms with Crippen LogP contribution in [-0.2, 0) is 4.79 Å². The lowest BCUT2D eigenvalue weighted by molar-refractivity contribution is -0.109. The zero-order valence-corrected chi connectivity index (χ0v) is 21.3. The van der Waals surface area contributed by atoms with Gasteiger partial charge in [-0.3, -0.25) is 4.79 Å². The summed E-state index contributed by atoms with van der Waals surface area (Å²) < 4.78 is 12.2. The standard InChI is InChI=1S/C28H32Cl2O4/c1-4-10-21(11-5-2)23(16-19-31)28(17-8-7-13-22(30)12-6-3)27(32)26-24(33-20-18-29)14-9-15-25(26)34-28/h4-5,7-12,14-15,19,23H,1,6,13,16-18,20H2,2-3H3/b8-7-,11-5-,21-10+,22-12+. The van der Waals surface area contributed by atoms with Gasteiger partial charge in [-0.1, -0.05) is 73.7 Å². The van der Waals surface area contributed by atoms with Gasteiger partial charge in [-0.15, -0.1) is 11.6 Å². The second-order valence-corrected chi connectivity index (χ2v) is 8.65. The summed E-state index contributed by atoms with van der Waals surface area (Å²) in [5.74, 6) is 0.391. The molecule has 182 valence electrons. The summed E-state index contributed by atoms with van der Waals surface area (Å²) in [6.07, 6.45) is 15.6. The number of Topliss-reactive ketones (excluding diaryl/α,β-unsaturated/α-hetero) is 1. The third-order valence-electron chi connectivity index (χ3n) is 5.52. The Labute approximate surface area is 212 Å². The van der Waals surface area contributed by atoms with E-state index in [4.69, 9.17) is 32.7 Å². The molecule has 1 aromatic rings. The average molecular weight is 503 g/mol. The number of carbonyl (C=O) groups is 2. The topological polar surface area (TPSA) is 52.6 Å². The molecule has 1 aromatic carbocycles. The van der Waals surface area contributed by atoms with E-state index in [1.165, 1.54) is 0 Å². The predicted molar refractivity (Wildman–Crippen MR) is 140 cm³/mol. The Balaban J connectivity index is 2.59.